The highest BCUT2D eigenvalue weighted by Crippen LogP contribution is 2.19. The summed E-state index contributed by atoms with van der Waals surface area (Å²) in [6.45, 7) is 3.60. The van der Waals surface area contributed by atoms with Gasteiger partial charge in [0.25, 0.3) is 5.91 Å². The highest BCUT2D eigenvalue weighted by molar-refractivity contribution is 5.94. The molecule has 0 spiro atoms. The van der Waals surface area contributed by atoms with Gasteiger partial charge in [-0.2, -0.15) is 0 Å². The Morgan fingerprint density at radius 3 is 2.43 bits per heavy atom. The van der Waals surface area contributed by atoms with Crippen molar-refractivity contribution in [3.8, 4) is 11.5 Å². The van der Waals surface area contributed by atoms with E-state index in [4.69, 9.17) is 9.47 Å². The van der Waals surface area contributed by atoms with Crippen molar-refractivity contribution in [2.75, 3.05) is 33.8 Å². The maximum atomic E-state index is 12.0. The SMILES string of the molecule is CN=C(NCCNC(=O)c1ccccc1)NCC(C)Oc1cccc(OC)c1. The smallest absolute Gasteiger partial charge is 0.251 e. The topological polar surface area (TPSA) is 84.0 Å². The summed E-state index contributed by atoms with van der Waals surface area (Å²) >= 11 is 0. The summed E-state index contributed by atoms with van der Waals surface area (Å²) in [5.74, 6) is 2.06. The first-order chi connectivity index (χ1) is 13.6. The summed E-state index contributed by atoms with van der Waals surface area (Å²) in [6.07, 6.45) is -0.0663. The fourth-order valence-electron chi connectivity index (χ4n) is 2.46. The zero-order valence-electron chi connectivity index (χ0n) is 16.6. The van der Waals surface area contributed by atoms with E-state index >= 15 is 0 Å². The monoisotopic (exact) mass is 384 g/mol. The van der Waals surface area contributed by atoms with Crippen molar-refractivity contribution >= 4 is 11.9 Å². The van der Waals surface area contributed by atoms with Gasteiger partial charge in [-0.1, -0.05) is 24.3 Å². The molecule has 2 rings (SSSR count). The molecule has 0 bridgehead atoms. The van der Waals surface area contributed by atoms with Crippen LogP contribution in [0.4, 0.5) is 0 Å². The molecule has 0 aromatic heterocycles. The molecule has 1 unspecified atom stereocenters. The van der Waals surface area contributed by atoms with Crippen molar-refractivity contribution in [1.82, 2.24) is 16.0 Å². The van der Waals surface area contributed by atoms with Gasteiger partial charge in [0, 0.05) is 31.8 Å². The second-order valence-electron chi connectivity index (χ2n) is 6.11. The summed E-state index contributed by atoms with van der Waals surface area (Å²) in [5, 5.41) is 9.24. The number of carbonyl (C=O) groups is 1. The molecule has 0 heterocycles. The predicted octanol–water partition coefficient (Wildman–Crippen LogP) is 2.06. The van der Waals surface area contributed by atoms with Gasteiger partial charge in [0.1, 0.15) is 17.6 Å². The van der Waals surface area contributed by atoms with Crippen LogP contribution in [0.25, 0.3) is 0 Å². The van der Waals surface area contributed by atoms with Crippen molar-refractivity contribution in [3.63, 3.8) is 0 Å². The van der Waals surface area contributed by atoms with E-state index in [1.54, 1.807) is 26.3 Å². The van der Waals surface area contributed by atoms with Crippen LogP contribution >= 0.6 is 0 Å². The number of methoxy groups -OCH3 is 1. The zero-order valence-corrected chi connectivity index (χ0v) is 16.6. The molecule has 7 nitrogen and oxygen atoms in total. The van der Waals surface area contributed by atoms with Crippen LogP contribution in [0.2, 0.25) is 0 Å². The molecule has 0 aliphatic rings. The van der Waals surface area contributed by atoms with Crippen LogP contribution in [0.1, 0.15) is 17.3 Å². The standard InChI is InChI=1S/C21H28N4O3/c1-16(28-19-11-7-10-18(14-19)27-3)15-25-21(22-2)24-13-12-23-20(26)17-8-5-4-6-9-17/h4-11,14,16H,12-13,15H2,1-3H3,(H,23,26)(H2,22,24,25). The van der Waals surface area contributed by atoms with E-state index in [-0.39, 0.29) is 12.0 Å². The lowest BCUT2D eigenvalue weighted by molar-refractivity contribution is 0.0954. The Labute approximate surface area is 166 Å². The van der Waals surface area contributed by atoms with Crippen molar-refractivity contribution in [2.24, 2.45) is 4.99 Å². The average Bonchev–Trinajstić information content (AvgIpc) is 2.73. The Bertz CT molecular complexity index is 765. The molecule has 1 amide bonds. The molecular formula is C21H28N4O3. The minimum atomic E-state index is -0.0920. The number of ether oxygens (including phenoxy) is 2. The Kier molecular flexibility index (Phi) is 8.65. The number of hydrogen-bond donors (Lipinski definition) is 3. The third-order valence-electron chi connectivity index (χ3n) is 3.90. The van der Waals surface area contributed by atoms with Gasteiger partial charge in [0.05, 0.1) is 13.7 Å². The summed E-state index contributed by atoms with van der Waals surface area (Å²) in [5.41, 5.74) is 0.647. The van der Waals surface area contributed by atoms with Gasteiger partial charge in [0.2, 0.25) is 0 Å². The minimum Gasteiger partial charge on any atom is -0.497 e. The Morgan fingerprint density at radius 1 is 1.00 bits per heavy atom. The Hall–Kier alpha value is -3.22. The van der Waals surface area contributed by atoms with Crippen molar-refractivity contribution in [1.29, 1.82) is 0 Å². The molecule has 0 radical (unpaired) electrons. The molecule has 2 aromatic rings. The van der Waals surface area contributed by atoms with E-state index in [2.05, 4.69) is 20.9 Å². The number of carbonyl (C=O) groups excluding carboxylic acids is 1. The molecule has 28 heavy (non-hydrogen) atoms. The number of rotatable bonds is 9. The molecule has 7 heteroatoms. The molecule has 2 aromatic carbocycles. The van der Waals surface area contributed by atoms with Gasteiger partial charge in [-0.3, -0.25) is 9.79 Å². The number of amides is 1. The lowest BCUT2D eigenvalue weighted by atomic mass is 10.2. The first-order valence-electron chi connectivity index (χ1n) is 9.21. The lowest BCUT2D eigenvalue weighted by Crippen LogP contribution is -2.44. The number of guanidine groups is 1. The number of aliphatic imine (C=N–C) groups is 1. The fourth-order valence-corrected chi connectivity index (χ4v) is 2.46. The van der Waals surface area contributed by atoms with Crippen LogP contribution in [0.3, 0.4) is 0 Å². The summed E-state index contributed by atoms with van der Waals surface area (Å²) in [6, 6.07) is 16.6. The lowest BCUT2D eigenvalue weighted by Gasteiger charge is -2.18. The predicted molar refractivity (Wildman–Crippen MR) is 111 cm³/mol. The number of hydrogen-bond acceptors (Lipinski definition) is 4. The van der Waals surface area contributed by atoms with Crippen molar-refractivity contribution in [3.05, 3.63) is 60.2 Å². The summed E-state index contributed by atoms with van der Waals surface area (Å²) in [4.78, 5) is 16.2. The molecule has 0 saturated heterocycles. The Balaban J connectivity index is 1.67. The zero-order chi connectivity index (χ0) is 20.2. The van der Waals surface area contributed by atoms with Gasteiger partial charge in [0.15, 0.2) is 5.96 Å². The molecule has 1 atom stereocenters. The van der Waals surface area contributed by atoms with E-state index < -0.39 is 0 Å². The van der Waals surface area contributed by atoms with Crippen molar-refractivity contribution < 1.29 is 14.3 Å². The molecule has 0 aliphatic heterocycles. The highest BCUT2D eigenvalue weighted by Gasteiger charge is 2.07. The van der Waals surface area contributed by atoms with Crippen LogP contribution in [0.5, 0.6) is 11.5 Å². The molecule has 3 N–H and O–H groups in total. The number of nitrogens with one attached hydrogen (secondary N) is 3. The van der Waals surface area contributed by atoms with Crippen LogP contribution in [0.15, 0.2) is 59.6 Å². The van der Waals surface area contributed by atoms with Crippen LogP contribution in [-0.4, -0.2) is 51.8 Å². The second kappa shape index (κ2) is 11.5. The van der Waals surface area contributed by atoms with Gasteiger partial charge >= 0.3 is 0 Å². The largest absolute Gasteiger partial charge is 0.497 e. The molecule has 0 fully saturated rings. The summed E-state index contributed by atoms with van der Waals surface area (Å²) in [7, 11) is 3.33. The normalized spacial score (nSPS) is 12.0. The van der Waals surface area contributed by atoms with Gasteiger partial charge in [-0.25, -0.2) is 0 Å². The fraction of sp³-hybridized carbons (Fsp3) is 0.333. The van der Waals surface area contributed by atoms with E-state index in [0.29, 0.717) is 31.2 Å². The second-order valence-corrected chi connectivity index (χ2v) is 6.11. The maximum absolute atomic E-state index is 12.0. The van der Waals surface area contributed by atoms with Gasteiger partial charge in [-0.05, 0) is 31.2 Å². The molecule has 0 aliphatic carbocycles. The summed E-state index contributed by atoms with van der Waals surface area (Å²) < 4.78 is 11.1. The highest BCUT2D eigenvalue weighted by atomic mass is 16.5. The third kappa shape index (κ3) is 7.19. The van der Waals surface area contributed by atoms with E-state index in [0.717, 1.165) is 11.5 Å². The van der Waals surface area contributed by atoms with Gasteiger partial charge in [-0.15, -0.1) is 0 Å². The third-order valence-corrected chi connectivity index (χ3v) is 3.90. The molecule has 150 valence electrons. The molecular weight excluding hydrogens is 356 g/mol. The first kappa shape index (κ1) is 21.1. The minimum absolute atomic E-state index is 0.0663. The maximum Gasteiger partial charge on any atom is 0.251 e. The van der Waals surface area contributed by atoms with Crippen LogP contribution < -0.4 is 25.4 Å². The van der Waals surface area contributed by atoms with E-state index in [1.807, 2.05) is 49.4 Å². The van der Waals surface area contributed by atoms with Crippen LogP contribution in [0, 0.1) is 0 Å². The van der Waals surface area contributed by atoms with Crippen LogP contribution in [-0.2, 0) is 0 Å². The van der Waals surface area contributed by atoms with Crippen molar-refractivity contribution in [2.45, 2.75) is 13.0 Å². The molecule has 0 saturated carbocycles. The number of benzene rings is 2. The first-order valence-corrected chi connectivity index (χ1v) is 9.21. The average molecular weight is 384 g/mol. The number of nitrogens with zero attached hydrogens (tertiary/aromatic N) is 1. The van der Waals surface area contributed by atoms with Gasteiger partial charge < -0.3 is 25.4 Å². The quantitative estimate of drug-likeness (QED) is 0.350. The van der Waals surface area contributed by atoms with E-state index in [9.17, 15) is 4.79 Å². The Morgan fingerprint density at radius 2 is 1.71 bits per heavy atom. The van der Waals surface area contributed by atoms with E-state index in [1.165, 1.54) is 0 Å².